The molecule has 0 radical (unpaired) electrons. The zero-order valence-electron chi connectivity index (χ0n) is 10.2. The van der Waals surface area contributed by atoms with Gasteiger partial charge in [-0.25, -0.2) is 0 Å². The first kappa shape index (κ1) is 13.1. The van der Waals surface area contributed by atoms with E-state index in [1.807, 2.05) is 0 Å². The topological polar surface area (TPSA) is 123 Å². The predicted molar refractivity (Wildman–Crippen MR) is 69.1 cm³/mol. The lowest BCUT2D eigenvalue weighted by Gasteiger charge is -2.03. The highest BCUT2D eigenvalue weighted by Crippen LogP contribution is 2.33. The van der Waals surface area contributed by atoms with Crippen LogP contribution < -0.4 is 9.63 Å². The maximum absolute atomic E-state index is 11.6. The van der Waals surface area contributed by atoms with Crippen LogP contribution in [0.5, 0.6) is 0 Å². The largest absolute Gasteiger partial charge is 0.618 e. The van der Waals surface area contributed by atoms with Crippen LogP contribution in [0.3, 0.4) is 0 Å². The Hall–Kier alpha value is -2.88. The number of non-ortho nitro benzene ring substituents is 1. The van der Waals surface area contributed by atoms with Crippen LogP contribution in [0.1, 0.15) is 0 Å². The lowest BCUT2D eigenvalue weighted by molar-refractivity contribution is -0.783. The van der Waals surface area contributed by atoms with Gasteiger partial charge in [-0.05, 0) is 28.8 Å². The van der Waals surface area contributed by atoms with Gasteiger partial charge >= 0.3 is 11.2 Å². The Morgan fingerprint density at radius 2 is 2.05 bits per heavy atom. The summed E-state index contributed by atoms with van der Waals surface area (Å²) < 4.78 is 5.05. The zero-order valence-corrected chi connectivity index (χ0v) is 11.0. The normalized spacial score (nSPS) is 10.9. The first-order valence-electron chi connectivity index (χ1n) is 5.61. The van der Waals surface area contributed by atoms with Crippen LogP contribution in [-0.4, -0.2) is 10.1 Å². The Balaban J connectivity index is 2.16. The number of hydrogen-bond acceptors (Lipinski definition) is 7. The molecule has 0 atom stereocenters. The molecule has 106 valence electrons. The second kappa shape index (κ2) is 4.90. The van der Waals surface area contributed by atoms with Gasteiger partial charge in [0, 0.05) is 18.2 Å². The molecule has 0 unspecified atom stereocenters. The van der Waals surface area contributed by atoms with Crippen molar-refractivity contribution >= 4 is 28.5 Å². The second-order valence-corrected chi connectivity index (χ2v) is 5.00. The average Bonchev–Trinajstić information content (AvgIpc) is 2.84. The zero-order chi connectivity index (χ0) is 15.0. The molecule has 0 saturated heterocycles. The monoisotopic (exact) mass is 306 g/mol. The third-order valence-electron chi connectivity index (χ3n) is 2.68. The van der Waals surface area contributed by atoms with Gasteiger partial charge in [0.05, 0.1) is 15.0 Å². The van der Waals surface area contributed by atoms with Crippen molar-refractivity contribution in [1.82, 2.24) is 5.16 Å². The van der Waals surface area contributed by atoms with Crippen LogP contribution in [0.4, 0.5) is 5.69 Å². The van der Waals surface area contributed by atoms with Gasteiger partial charge in [0.1, 0.15) is 0 Å². The van der Waals surface area contributed by atoms with Crippen molar-refractivity contribution in [2.75, 3.05) is 0 Å². The van der Waals surface area contributed by atoms with Crippen LogP contribution in [0.15, 0.2) is 51.1 Å². The molecule has 9 nitrogen and oxygen atoms in total. The molecule has 0 saturated carbocycles. The number of nitro groups is 1. The highest BCUT2D eigenvalue weighted by atomic mass is 32.2. The molecule has 0 aliphatic carbocycles. The molecule has 0 aliphatic heterocycles. The van der Waals surface area contributed by atoms with Crippen LogP contribution in [-0.2, 0) is 0 Å². The average molecular weight is 306 g/mol. The van der Waals surface area contributed by atoms with Crippen molar-refractivity contribution in [1.29, 1.82) is 0 Å². The molecule has 0 amide bonds. The number of pyridine rings is 1. The van der Waals surface area contributed by atoms with Crippen molar-refractivity contribution in [3.8, 4) is 0 Å². The Morgan fingerprint density at radius 1 is 1.24 bits per heavy atom. The van der Waals surface area contributed by atoms with Crippen LogP contribution >= 0.6 is 11.8 Å². The smallest absolute Gasteiger partial charge is 0.327 e. The molecule has 0 bridgehead atoms. The van der Waals surface area contributed by atoms with E-state index in [1.54, 1.807) is 18.2 Å². The van der Waals surface area contributed by atoms with E-state index in [0.29, 0.717) is 14.7 Å². The minimum Gasteiger partial charge on any atom is -0.618 e. The highest BCUT2D eigenvalue weighted by molar-refractivity contribution is 7.99. The fourth-order valence-corrected chi connectivity index (χ4v) is 2.70. The van der Waals surface area contributed by atoms with Crippen molar-refractivity contribution in [2.45, 2.75) is 9.92 Å². The third kappa shape index (κ3) is 2.21. The number of rotatable bonds is 3. The van der Waals surface area contributed by atoms with Gasteiger partial charge in [0.2, 0.25) is 5.52 Å². The van der Waals surface area contributed by atoms with E-state index in [4.69, 9.17) is 0 Å². The van der Waals surface area contributed by atoms with Gasteiger partial charge in [-0.2, -0.15) is 4.73 Å². The standard InChI is InChI=1S/C11H6N4O5S/c16-13-6-2-1-3-9(13)21-8-5-4-7(14(17)18)10-11(8)15(19)20-12-10/h1-6H. The number of fused-ring (bicyclic) bond motifs is 1. The van der Waals surface area contributed by atoms with Gasteiger partial charge in [-0.3, -0.25) is 14.7 Å². The molecular formula is C11H6N4O5S. The molecule has 2 aromatic heterocycles. The van der Waals surface area contributed by atoms with E-state index >= 15 is 0 Å². The fraction of sp³-hybridized carbons (Fsp3) is 0. The van der Waals surface area contributed by atoms with Crippen molar-refractivity contribution < 1.29 is 19.2 Å². The Bertz CT molecular complexity index is 850. The van der Waals surface area contributed by atoms with E-state index in [9.17, 15) is 20.5 Å². The Kier molecular flexibility index (Phi) is 3.06. The second-order valence-electron chi connectivity index (χ2n) is 3.93. The number of nitro benzene ring substituents is 1. The summed E-state index contributed by atoms with van der Waals surface area (Å²) >= 11 is 0.990. The molecule has 0 aliphatic rings. The number of benzene rings is 1. The molecule has 10 heteroatoms. The summed E-state index contributed by atoms with van der Waals surface area (Å²) in [6.07, 6.45) is 1.31. The van der Waals surface area contributed by atoms with E-state index in [0.717, 1.165) is 11.8 Å². The van der Waals surface area contributed by atoms with Crippen LogP contribution in [0.25, 0.3) is 11.0 Å². The molecule has 0 spiro atoms. The lowest BCUT2D eigenvalue weighted by atomic mass is 10.3. The number of nitrogens with zero attached hydrogens (tertiary/aromatic N) is 4. The minimum atomic E-state index is -0.657. The van der Waals surface area contributed by atoms with E-state index in [2.05, 4.69) is 9.79 Å². The van der Waals surface area contributed by atoms with E-state index in [1.165, 1.54) is 18.3 Å². The molecular weight excluding hydrogens is 300 g/mol. The van der Waals surface area contributed by atoms with E-state index < -0.39 is 4.92 Å². The minimum absolute atomic E-state index is 0.0851. The number of aromatic nitrogens is 3. The molecule has 3 aromatic rings. The summed E-state index contributed by atoms with van der Waals surface area (Å²) in [4.78, 5) is 10.7. The number of hydrogen-bond donors (Lipinski definition) is 0. The van der Waals surface area contributed by atoms with Crippen LogP contribution in [0, 0.1) is 20.5 Å². The van der Waals surface area contributed by atoms with Gasteiger partial charge in [-0.1, -0.05) is 0 Å². The van der Waals surface area contributed by atoms with Crippen molar-refractivity contribution in [2.24, 2.45) is 0 Å². The summed E-state index contributed by atoms with van der Waals surface area (Å²) in [5.74, 6) is 0. The summed E-state index contributed by atoms with van der Waals surface area (Å²) in [7, 11) is 0. The van der Waals surface area contributed by atoms with Crippen molar-refractivity contribution in [3.05, 3.63) is 57.1 Å². The highest BCUT2D eigenvalue weighted by Gasteiger charge is 2.27. The quantitative estimate of drug-likeness (QED) is 0.308. The van der Waals surface area contributed by atoms with Crippen LogP contribution in [0.2, 0.25) is 0 Å². The van der Waals surface area contributed by atoms with Gasteiger partial charge in [0.15, 0.2) is 6.20 Å². The first-order chi connectivity index (χ1) is 10.1. The summed E-state index contributed by atoms with van der Waals surface area (Å²) in [6.45, 7) is 0. The Labute approximate surface area is 120 Å². The molecule has 0 N–H and O–H groups in total. The molecule has 1 aromatic carbocycles. The summed E-state index contributed by atoms with van der Waals surface area (Å²) in [6, 6.07) is 7.39. The van der Waals surface area contributed by atoms with Crippen molar-refractivity contribution in [3.63, 3.8) is 0 Å². The van der Waals surface area contributed by atoms with Gasteiger partial charge in [-0.15, -0.1) is 0 Å². The van der Waals surface area contributed by atoms with Gasteiger partial charge < -0.3 is 10.4 Å². The molecule has 21 heavy (non-hydrogen) atoms. The predicted octanol–water partition coefficient (Wildman–Crippen LogP) is 1.15. The molecule has 3 rings (SSSR count). The summed E-state index contributed by atoms with van der Waals surface area (Å²) in [5, 5.41) is 37.9. The first-order valence-corrected chi connectivity index (χ1v) is 6.42. The van der Waals surface area contributed by atoms with Gasteiger partial charge in [0.25, 0.3) is 5.03 Å². The lowest BCUT2D eigenvalue weighted by Crippen LogP contribution is -2.28. The van der Waals surface area contributed by atoms with E-state index in [-0.39, 0.29) is 21.6 Å². The summed E-state index contributed by atoms with van der Waals surface area (Å²) in [5.41, 5.74) is -0.581. The third-order valence-corrected chi connectivity index (χ3v) is 3.76. The maximum Gasteiger partial charge on any atom is 0.327 e. The molecule has 2 heterocycles. The molecule has 0 fully saturated rings. The maximum atomic E-state index is 11.6. The fourth-order valence-electron chi connectivity index (χ4n) is 1.77. The Morgan fingerprint density at radius 3 is 2.76 bits per heavy atom. The SMILES string of the molecule is O=[N+]([O-])c1ccc(Sc2cccc[n+]2[O-])c2c1no[n+]2[O-].